The highest BCUT2D eigenvalue weighted by Gasteiger charge is 2.52. The number of carbonyl (C=O) groups excluding carboxylic acids is 1. The quantitative estimate of drug-likeness (QED) is 0.546. The molecule has 0 radical (unpaired) electrons. The average Bonchev–Trinajstić information content (AvgIpc) is 2.74. The van der Waals surface area contributed by atoms with Crippen molar-refractivity contribution in [3.63, 3.8) is 0 Å². The molecule has 0 aromatic heterocycles. The molecule has 0 aliphatic carbocycles. The van der Waals surface area contributed by atoms with E-state index < -0.39 is 18.0 Å². The smallest absolute Gasteiger partial charge is 0.288 e. The summed E-state index contributed by atoms with van der Waals surface area (Å²) >= 11 is 0. The van der Waals surface area contributed by atoms with Gasteiger partial charge in [-0.05, 0) is 59.7 Å². The van der Waals surface area contributed by atoms with Crippen molar-refractivity contribution in [2.75, 3.05) is 11.4 Å². The number of hydrogen-bond donors (Lipinski definition) is 3. The highest BCUT2D eigenvalue weighted by molar-refractivity contribution is 6.04. The van der Waals surface area contributed by atoms with Crippen molar-refractivity contribution in [3.05, 3.63) is 95.6 Å². The van der Waals surface area contributed by atoms with E-state index in [1.807, 2.05) is 0 Å². The van der Waals surface area contributed by atoms with Gasteiger partial charge in [-0.15, -0.1) is 0 Å². The van der Waals surface area contributed by atoms with Crippen molar-refractivity contribution in [1.29, 1.82) is 0 Å². The molecule has 4 rings (SSSR count). The van der Waals surface area contributed by atoms with E-state index in [2.05, 4.69) is 0 Å². The first-order valence-corrected chi connectivity index (χ1v) is 9.58. The second-order valence-corrected chi connectivity index (χ2v) is 7.29. The minimum absolute atomic E-state index is 0.116. The average molecular weight is 411 g/mol. The summed E-state index contributed by atoms with van der Waals surface area (Å²) in [6, 6.07) is 17.0. The number of hydrogen-bond acceptors (Lipinski definition) is 3. The third kappa shape index (κ3) is 3.90. The molecule has 1 aliphatic heterocycles. The first kappa shape index (κ1) is 20.0. The molecule has 3 aromatic rings. The van der Waals surface area contributed by atoms with Crippen LogP contribution in [0, 0.1) is 11.6 Å². The Bertz CT molecular complexity index is 1020. The molecule has 1 aliphatic rings. The lowest BCUT2D eigenvalue weighted by Gasteiger charge is -2.45. The van der Waals surface area contributed by atoms with E-state index in [1.54, 1.807) is 46.6 Å². The van der Waals surface area contributed by atoms with Crippen molar-refractivity contribution >= 4 is 11.6 Å². The second-order valence-electron chi connectivity index (χ2n) is 7.29. The van der Waals surface area contributed by atoms with Crippen LogP contribution in [0.2, 0.25) is 0 Å². The number of benzene rings is 3. The van der Waals surface area contributed by atoms with E-state index in [0.717, 1.165) is 5.56 Å². The lowest BCUT2D eigenvalue weighted by molar-refractivity contribution is -0.690. The van der Waals surface area contributed by atoms with Crippen LogP contribution in [0.25, 0.3) is 0 Å². The molecule has 1 saturated heterocycles. The van der Waals surface area contributed by atoms with Crippen LogP contribution >= 0.6 is 0 Å². The molecule has 1 heterocycles. The Kier molecular flexibility index (Phi) is 5.48. The molecule has 5 nitrogen and oxygen atoms in total. The van der Waals surface area contributed by atoms with Gasteiger partial charge in [-0.2, -0.15) is 0 Å². The lowest BCUT2D eigenvalue weighted by Crippen LogP contribution is -2.99. The number of aliphatic hydroxyl groups is 1. The number of anilines is 1. The highest BCUT2D eigenvalue weighted by atomic mass is 19.1. The number of halogens is 2. The maximum absolute atomic E-state index is 13.3. The number of β-lactam (4-membered cyclic amide) rings is 1. The van der Waals surface area contributed by atoms with E-state index in [1.165, 1.54) is 36.4 Å². The Morgan fingerprint density at radius 3 is 2.07 bits per heavy atom. The minimum Gasteiger partial charge on any atom is -0.508 e. The first-order chi connectivity index (χ1) is 14.4. The summed E-state index contributed by atoms with van der Waals surface area (Å²) < 4.78 is 26.4. The third-order valence-electron chi connectivity index (χ3n) is 5.35. The van der Waals surface area contributed by atoms with Gasteiger partial charge in [0.25, 0.3) is 5.91 Å². The fraction of sp³-hybridized carbons (Fsp3) is 0.174. The Labute approximate surface area is 172 Å². The Balaban J connectivity index is 1.55. The minimum atomic E-state index is -0.862. The van der Waals surface area contributed by atoms with Crippen LogP contribution in [0.3, 0.4) is 0 Å². The number of phenols is 1. The Morgan fingerprint density at radius 2 is 1.47 bits per heavy atom. The van der Waals surface area contributed by atoms with Crippen LogP contribution in [0.5, 0.6) is 5.75 Å². The van der Waals surface area contributed by atoms with Crippen LogP contribution < -0.4 is 10.2 Å². The van der Waals surface area contributed by atoms with Crippen molar-refractivity contribution in [3.8, 4) is 5.75 Å². The number of phenolic OH excluding ortho intramolecular Hbond substituents is 1. The van der Waals surface area contributed by atoms with Gasteiger partial charge in [-0.1, -0.05) is 24.3 Å². The SMILES string of the molecule is O=C1[C@H]([NH2+]CC(O)c2ccc(F)cc2)[C@@H](c2ccc(O)cc2)N1c1ccc(F)cc1. The molecule has 1 fully saturated rings. The topological polar surface area (TPSA) is 77.4 Å². The van der Waals surface area contributed by atoms with E-state index in [-0.39, 0.29) is 30.1 Å². The zero-order valence-electron chi connectivity index (χ0n) is 16.0. The number of nitrogens with zero attached hydrogens (tertiary/aromatic N) is 1. The predicted octanol–water partition coefficient (Wildman–Crippen LogP) is 2.42. The van der Waals surface area contributed by atoms with Gasteiger partial charge < -0.3 is 15.5 Å². The van der Waals surface area contributed by atoms with Gasteiger partial charge in [-0.3, -0.25) is 9.69 Å². The summed E-state index contributed by atoms with van der Waals surface area (Å²) in [7, 11) is 0. The maximum atomic E-state index is 13.3. The molecular weight excluding hydrogens is 390 g/mol. The monoisotopic (exact) mass is 411 g/mol. The number of carbonyl (C=O) groups is 1. The van der Waals surface area contributed by atoms with Crippen molar-refractivity contribution in [1.82, 2.24) is 0 Å². The molecule has 154 valence electrons. The molecule has 0 spiro atoms. The molecule has 0 saturated carbocycles. The van der Waals surface area contributed by atoms with E-state index in [4.69, 9.17) is 0 Å². The van der Waals surface area contributed by atoms with Crippen LogP contribution in [-0.4, -0.2) is 28.7 Å². The van der Waals surface area contributed by atoms with Crippen LogP contribution in [0.1, 0.15) is 23.3 Å². The number of nitrogens with two attached hydrogens (primary N) is 1. The summed E-state index contributed by atoms with van der Waals surface area (Å²) in [6.45, 7) is 0.216. The number of aliphatic hydroxyl groups excluding tert-OH is 1. The number of quaternary nitrogens is 1. The van der Waals surface area contributed by atoms with Gasteiger partial charge in [0.15, 0.2) is 6.04 Å². The lowest BCUT2D eigenvalue weighted by atomic mass is 9.87. The van der Waals surface area contributed by atoms with Crippen molar-refractivity contribution < 1.29 is 29.1 Å². The van der Waals surface area contributed by atoms with Gasteiger partial charge >= 0.3 is 0 Å². The summed E-state index contributed by atoms with van der Waals surface area (Å²) in [5.41, 5.74) is 1.95. The summed E-state index contributed by atoms with van der Waals surface area (Å²) in [5.74, 6) is -0.819. The molecular formula is C23H21F2N2O3+. The molecule has 1 unspecified atom stereocenters. The van der Waals surface area contributed by atoms with Crippen LogP contribution in [0.15, 0.2) is 72.8 Å². The van der Waals surface area contributed by atoms with Gasteiger partial charge in [0.1, 0.15) is 36.1 Å². The molecule has 1 amide bonds. The molecule has 4 N–H and O–H groups in total. The second kappa shape index (κ2) is 8.22. The number of rotatable bonds is 6. The van der Waals surface area contributed by atoms with Crippen LogP contribution in [-0.2, 0) is 4.79 Å². The van der Waals surface area contributed by atoms with Gasteiger partial charge in [-0.25, -0.2) is 8.78 Å². The standard InChI is InChI=1S/C23H20F2N2O3/c24-16-5-1-14(2-6-16)20(29)13-26-21-22(15-3-11-19(28)12-4-15)27(23(21)30)18-9-7-17(25)8-10-18/h1-12,20-22,26,28-29H,13H2/p+1/t20?,21-,22-/m1/s1. The van der Waals surface area contributed by atoms with Gasteiger partial charge in [0.2, 0.25) is 0 Å². The molecule has 3 atom stereocenters. The van der Waals surface area contributed by atoms with E-state index in [0.29, 0.717) is 11.3 Å². The Hall–Kier alpha value is -3.29. The van der Waals surface area contributed by atoms with Crippen molar-refractivity contribution in [2.45, 2.75) is 18.2 Å². The van der Waals surface area contributed by atoms with Crippen molar-refractivity contribution in [2.24, 2.45) is 0 Å². The fourth-order valence-electron chi connectivity index (χ4n) is 3.75. The highest BCUT2D eigenvalue weighted by Crippen LogP contribution is 2.38. The molecule has 0 bridgehead atoms. The fourth-order valence-corrected chi connectivity index (χ4v) is 3.75. The summed E-state index contributed by atoms with van der Waals surface area (Å²) in [4.78, 5) is 14.5. The van der Waals surface area contributed by atoms with Crippen LogP contribution in [0.4, 0.5) is 14.5 Å². The molecule has 30 heavy (non-hydrogen) atoms. The maximum Gasteiger partial charge on any atom is 0.288 e. The summed E-state index contributed by atoms with van der Waals surface area (Å²) in [6.07, 6.45) is -0.862. The number of aromatic hydroxyl groups is 1. The van der Waals surface area contributed by atoms with Gasteiger partial charge in [0, 0.05) is 5.69 Å². The summed E-state index contributed by atoms with van der Waals surface area (Å²) in [5, 5.41) is 21.8. The first-order valence-electron chi connectivity index (χ1n) is 9.58. The predicted molar refractivity (Wildman–Crippen MR) is 107 cm³/mol. The number of amides is 1. The molecule has 3 aromatic carbocycles. The van der Waals surface area contributed by atoms with Gasteiger partial charge in [0.05, 0.1) is 0 Å². The zero-order chi connectivity index (χ0) is 21.3. The Morgan fingerprint density at radius 1 is 0.900 bits per heavy atom. The molecule has 7 heteroatoms. The van der Waals surface area contributed by atoms with E-state index in [9.17, 15) is 23.8 Å². The zero-order valence-corrected chi connectivity index (χ0v) is 16.0. The largest absolute Gasteiger partial charge is 0.508 e. The van der Waals surface area contributed by atoms with E-state index >= 15 is 0 Å². The third-order valence-corrected chi connectivity index (χ3v) is 5.35. The normalized spacial score (nSPS) is 19.4.